The lowest BCUT2D eigenvalue weighted by molar-refractivity contribution is 0.322. The third-order valence-corrected chi connectivity index (χ3v) is 6.08. The predicted molar refractivity (Wildman–Crippen MR) is 142 cm³/mol. The predicted octanol–water partition coefficient (Wildman–Crippen LogP) is 3.33. The Hall–Kier alpha value is -3.10. The summed E-state index contributed by atoms with van der Waals surface area (Å²) in [6.45, 7) is 4.65. The van der Waals surface area contributed by atoms with E-state index in [0.717, 1.165) is 35.0 Å². The summed E-state index contributed by atoms with van der Waals surface area (Å²) in [5.74, 6) is 1.42. The van der Waals surface area contributed by atoms with Gasteiger partial charge in [0, 0.05) is 30.7 Å². The Morgan fingerprint density at radius 1 is 1.03 bits per heavy atom. The van der Waals surface area contributed by atoms with Gasteiger partial charge in [0.15, 0.2) is 16.6 Å². The number of nitrogens with one attached hydrogen (secondary N) is 2. The van der Waals surface area contributed by atoms with E-state index in [9.17, 15) is 4.79 Å². The van der Waals surface area contributed by atoms with E-state index >= 15 is 0 Å². The van der Waals surface area contributed by atoms with Crippen LogP contribution in [0.2, 0.25) is 0 Å². The van der Waals surface area contributed by atoms with Crippen molar-refractivity contribution in [2.75, 3.05) is 47.9 Å². The van der Waals surface area contributed by atoms with Crippen LogP contribution < -0.4 is 20.3 Å². The second-order valence-corrected chi connectivity index (χ2v) is 9.00. The zero-order chi connectivity index (χ0) is 24.7. The summed E-state index contributed by atoms with van der Waals surface area (Å²) >= 11 is 5.73. The lowest BCUT2D eigenvalue weighted by Crippen LogP contribution is -2.43. The first kappa shape index (κ1) is 25.5. The molecule has 2 aromatic carbocycles. The van der Waals surface area contributed by atoms with Crippen molar-refractivity contribution in [3.8, 4) is 11.5 Å². The molecule has 1 heterocycles. The Labute approximate surface area is 206 Å². The third-order valence-electron chi connectivity index (χ3n) is 5.68. The van der Waals surface area contributed by atoms with Crippen molar-refractivity contribution >= 4 is 28.2 Å². The van der Waals surface area contributed by atoms with Crippen LogP contribution in [0.3, 0.4) is 0 Å². The standard InChI is InChI=1S/C26H34N4O3S/c1-18-6-8-20-16-21(25(31)28-22(20)14-18)17-30(13-12-29(2)3)26(34)27-11-10-19-7-9-23(32-4)24(15-19)33-5/h6-9,14-16H,10-13,17H2,1-5H3,(H,27,34)(H,28,31). The molecular weight excluding hydrogens is 448 g/mol. The summed E-state index contributed by atoms with van der Waals surface area (Å²) in [7, 11) is 7.31. The molecule has 1 aromatic heterocycles. The number of aromatic nitrogens is 1. The maximum Gasteiger partial charge on any atom is 0.253 e. The smallest absolute Gasteiger partial charge is 0.253 e. The van der Waals surface area contributed by atoms with E-state index in [1.807, 2.05) is 57.4 Å². The molecule has 0 amide bonds. The van der Waals surface area contributed by atoms with Crippen molar-refractivity contribution in [3.05, 3.63) is 69.5 Å². The van der Waals surface area contributed by atoms with Crippen LogP contribution in [0.5, 0.6) is 11.5 Å². The molecule has 3 aromatic rings. The fraction of sp³-hybridized carbons (Fsp3) is 0.385. The molecule has 0 aliphatic carbocycles. The molecule has 8 heteroatoms. The molecule has 0 spiro atoms. The topological polar surface area (TPSA) is 69.8 Å². The van der Waals surface area contributed by atoms with Crippen LogP contribution in [0.15, 0.2) is 47.3 Å². The Morgan fingerprint density at radius 2 is 1.79 bits per heavy atom. The van der Waals surface area contributed by atoms with Gasteiger partial charge < -0.3 is 29.6 Å². The first-order chi connectivity index (χ1) is 16.3. The Balaban J connectivity index is 1.70. The van der Waals surface area contributed by atoms with Crippen LogP contribution in [0.1, 0.15) is 16.7 Å². The molecule has 0 bridgehead atoms. The normalized spacial score (nSPS) is 11.0. The van der Waals surface area contributed by atoms with Gasteiger partial charge >= 0.3 is 0 Å². The molecule has 2 N–H and O–H groups in total. The van der Waals surface area contributed by atoms with Crippen molar-refractivity contribution < 1.29 is 9.47 Å². The monoisotopic (exact) mass is 482 g/mol. The number of hydrogen-bond acceptors (Lipinski definition) is 5. The number of aromatic amines is 1. The number of methoxy groups -OCH3 is 2. The Morgan fingerprint density at radius 3 is 2.50 bits per heavy atom. The highest BCUT2D eigenvalue weighted by Gasteiger charge is 2.14. The van der Waals surface area contributed by atoms with E-state index in [1.54, 1.807) is 14.2 Å². The van der Waals surface area contributed by atoms with Crippen molar-refractivity contribution in [1.29, 1.82) is 0 Å². The first-order valence-electron chi connectivity index (χ1n) is 11.3. The van der Waals surface area contributed by atoms with Crippen LogP contribution in [-0.2, 0) is 13.0 Å². The summed E-state index contributed by atoms with van der Waals surface area (Å²) in [4.78, 5) is 19.9. The average Bonchev–Trinajstić information content (AvgIpc) is 2.81. The Kier molecular flexibility index (Phi) is 8.90. The maximum atomic E-state index is 12.8. The number of benzene rings is 2. The number of hydrogen-bond donors (Lipinski definition) is 2. The van der Waals surface area contributed by atoms with E-state index in [-0.39, 0.29) is 5.56 Å². The summed E-state index contributed by atoms with van der Waals surface area (Å²) < 4.78 is 10.7. The number of fused-ring (bicyclic) bond motifs is 1. The highest BCUT2D eigenvalue weighted by Crippen LogP contribution is 2.27. The van der Waals surface area contributed by atoms with Gasteiger partial charge in [-0.3, -0.25) is 4.79 Å². The number of likely N-dealkylation sites (N-methyl/N-ethyl adjacent to an activating group) is 1. The van der Waals surface area contributed by atoms with Crippen LogP contribution in [0.25, 0.3) is 10.9 Å². The summed E-state index contributed by atoms with van der Waals surface area (Å²) in [5, 5.41) is 5.00. The van der Waals surface area contributed by atoms with Crippen LogP contribution in [0, 0.1) is 6.92 Å². The van der Waals surface area contributed by atoms with E-state index in [2.05, 4.69) is 26.2 Å². The van der Waals surface area contributed by atoms with E-state index in [1.165, 1.54) is 0 Å². The van der Waals surface area contributed by atoms with E-state index in [0.29, 0.717) is 41.8 Å². The number of rotatable bonds is 10. The van der Waals surface area contributed by atoms with Crippen molar-refractivity contribution in [2.45, 2.75) is 19.9 Å². The van der Waals surface area contributed by atoms with Gasteiger partial charge in [-0.1, -0.05) is 18.2 Å². The SMILES string of the molecule is COc1ccc(CCNC(=S)N(CCN(C)C)Cc2cc3ccc(C)cc3[nH]c2=O)cc1OC. The Bertz CT molecular complexity index is 1190. The van der Waals surface area contributed by atoms with Gasteiger partial charge in [0.25, 0.3) is 5.56 Å². The summed E-state index contributed by atoms with van der Waals surface area (Å²) in [6.07, 6.45) is 0.776. The number of aryl methyl sites for hydroxylation is 1. The minimum atomic E-state index is -0.0823. The summed E-state index contributed by atoms with van der Waals surface area (Å²) in [6, 6.07) is 13.9. The molecule has 7 nitrogen and oxygen atoms in total. The second kappa shape index (κ2) is 11.9. The van der Waals surface area contributed by atoms with Crippen LogP contribution in [0.4, 0.5) is 0 Å². The number of pyridine rings is 1. The quantitative estimate of drug-likeness (QED) is 0.430. The zero-order valence-corrected chi connectivity index (χ0v) is 21.4. The van der Waals surface area contributed by atoms with Crippen molar-refractivity contribution in [3.63, 3.8) is 0 Å². The minimum absolute atomic E-state index is 0.0823. The summed E-state index contributed by atoms with van der Waals surface area (Å²) in [5.41, 5.74) is 3.70. The first-order valence-corrected chi connectivity index (χ1v) is 11.7. The maximum absolute atomic E-state index is 12.8. The van der Waals surface area contributed by atoms with Crippen LogP contribution in [-0.4, -0.2) is 67.8 Å². The number of nitrogens with zero attached hydrogens (tertiary/aromatic N) is 2. The van der Waals surface area contributed by atoms with Gasteiger partial charge in [0.05, 0.1) is 20.8 Å². The molecule has 182 valence electrons. The highest BCUT2D eigenvalue weighted by molar-refractivity contribution is 7.80. The molecule has 0 radical (unpaired) electrons. The molecular formula is C26H34N4O3S. The molecule has 0 aliphatic rings. The molecule has 0 aliphatic heterocycles. The molecule has 0 fully saturated rings. The minimum Gasteiger partial charge on any atom is -0.493 e. The second-order valence-electron chi connectivity index (χ2n) is 8.61. The molecule has 0 saturated carbocycles. The lowest BCUT2D eigenvalue weighted by Gasteiger charge is -2.27. The van der Waals surface area contributed by atoms with Gasteiger partial charge in [-0.25, -0.2) is 0 Å². The van der Waals surface area contributed by atoms with Gasteiger partial charge in [-0.05, 0) is 80.4 Å². The van der Waals surface area contributed by atoms with Crippen molar-refractivity contribution in [1.82, 2.24) is 20.1 Å². The number of ether oxygens (including phenoxy) is 2. The van der Waals surface area contributed by atoms with Gasteiger partial charge in [0.2, 0.25) is 0 Å². The largest absolute Gasteiger partial charge is 0.493 e. The van der Waals surface area contributed by atoms with Gasteiger partial charge in [-0.15, -0.1) is 0 Å². The molecule has 0 saturated heterocycles. The molecule has 3 rings (SSSR count). The highest BCUT2D eigenvalue weighted by atomic mass is 32.1. The van der Waals surface area contributed by atoms with Gasteiger partial charge in [-0.2, -0.15) is 0 Å². The van der Waals surface area contributed by atoms with E-state index < -0.39 is 0 Å². The molecule has 0 unspecified atom stereocenters. The van der Waals surface area contributed by atoms with Crippen molar-refractivity contribution in [2.24, 2.45) is 0 Å². The fourth-order valence-corrected chi connectivity index (χ4v) is 3.98. The van der Waals surface area contributed by atoms with E-state index in [4.69, 9.17) is 21.7 Å². The van der Waals surface area contributed by atoms with Gasteiger partial charge in [0.1, 0.15) is 0 Å². The fourth-order valence-electron chi connectivity index (χ4n) is 3.72. The zero-order valence-electron chi connectivity index (χ0n) is 20.6. The number of thiocarbonyl (C=S) groups is 1. The van der Waals surface area contributed by atoms with Crippen LogP contribution >= 0.6 is 12.2 Å². The average molecular weight is 483 g/mol. The molecule has 0 atom stereocenters. The third kappa shape index (κ3) is 6.71. The lowest BCUT2D eigenvalue weighted by atomic mass is 10.1. The molecule has 34 heavy (non-hydrogen) atoms. The number of H-pyrrole nitrogens is 1.